The van der Waals surface area contributed by atoms with Gasteiger partial charge in [0.2, 0.25) is 5.91 Å². The highest BCUT2D eigenvalue weighted by molar-refractivity contribution is 6.21. The Morgan fingerprint density at radius 3 is 2.34 bits per heavy atom. The molecule has 3 aromatic carbocycles. The number of ether oxygens (including phenoxy) is 1. The number of para-hydroxylation sites is 1. The third-order valence-corrected chi connectivity index (χ3v) is 6.10. The maximum atomic E-state index is 12.8. The number of carbonyl (C=O) groups excluding carboxylic acids is 2. The lowest BCUT2D eigenvalue weighted by Crippen LogP contribution is -2.31. The first-order chi connectivity index (χ1) is 15.5. The van der Waals surface area contributed by atoms with Crippen LogP contribution < -0.4 is 4.90 Å². The molecule has 6 heteroatoms. The van der Waals surface area contributed by atoms with Crippen LogP contribution in [0.15, 0.2) is 72.8 Å². The fourth-order valence-corrected chi connectivity index (χ4v) is 4.32. The molecule has 0 aliphatic heterocycles. The van der Waals surface area contributed by atoms with Gasteiger partial charge in [0, 0.05) is 32.1 Å². The van der Waals surface area contributed by atoms with Gasteiger partial charge in [0.05, 0.1) is 0 Å². The van der Waals surface area contributed by atoms with Gasteiger partial charge in [-0.3, -0.25) is 9.69 Å². The number of alkyl halides is 1. The zero-order chi connectivity index (χ0) is 22.7. The Balaban J connectivity index is 1.58. The topological polar surface area (TPSA) is 49.9 Å². The summed E-state index contributed by atoms with van der Waals surface area (Å²) in [5, 5.41) is 0. The molecule has 3 aromatic rings. The van der Waals surface area contributed by atoms with Crippen molar-refractivity contribution in [1.82, 2.24) is 4.90 Å². The number of hydrogen-bond acceptors (Lipinski definition) is 3. The zero-order valence-corrected chi connectivity index (χ0v) is 18.9. The molecule has 32 heavy (non-hydrogen) atoms. The lowest BCUT2D eigenvalue weighted by Gasteiger charge is -2.22. The van der Waals surface area contributed by atoms with E-state index in [1.807, 2.05) is 48.5 Å². The number of benzene rings is 3. The van der Waals surface area contributed by atoms with E-state index in [0.29, 0.717) is 12.2 Å². The summed E-state index contributed by atoms with van der Waals surface area (Å²) in [6.07, 6.45) is -0.482. The van der Waals surface area contributed by atoms with E-state index in [2.05, 4.69) is 24.3 Å². The molecule has 1 aliphatic rings. The molecule has 5 nitrogen and oxygen atoms in total. The van der Waals surface area contributed by atoms with Crippen LogP contribution >= 0.6 is 11.6 Å². The Hall–Kier alpha value is -3.31. The summed E-state index contributed by atoms with van der Waals surface area (Å²) in [6.45, 7) is 2.29. The van der Waals surface area contributed by atoms with Gasteiger partial charge in [0.25, 0.3) is 0 Å². The minimum Gasteiger partial charge on any atom is -0.448 e. The van der Waals surface area contributed by atoms with Crippen molar-refractivity contribution in [2.75, 3.05) is 24.6 Å². The maximum absolute atomic E-state index is 12.8. The molecule has 0 N–H and O–H groups in total. The summed E-state index contributed by atoms with van der Waals surface area (Å²) < 4.78 is 5.74. The van der Waals surface area contributed by atoms with Gasteiger partial charge in [-0.05, 0) is 39.9 Å². The Bertz CT molecular complexity index is 1130. The van der Waals surface area contributed by atoms with Crippen molar-refractivity contribution >= 4 is 29.3 Å². The average Bonchev–Trinajstić information content (AvgIpc) is 3.11. The van der Waals surface area contributed by atoms with E-state index in [1.165, 1.54) is 4.90 Å². The summed E-state index contributed by atoms with van der Waals surface area (Å²) in [7, 11) is 1.79. The smallest absolute Gasteiger partial charge is 0.415 e. The number of rotatable bonds is 6. The Morgan fingerprint density at radius 2 is 1.62 bits per heavy atom. The van der Waals surface area contributed by atoms with Gasteiger partial charge in [-0.25, -0.2) is 4.79 Å². The molecule has 0 aromatic heterocycles. The van der Waals surface area contributed by atoms with Gasteiger partial charge in [0.15, 0.2) is 0 Å². The summed E-state index contributed by atoms with van der Waals surface area (Å²) in [5.41, 5.74) is 6.24. The predicted molar refractivity (Wildman–Crippen MR) is 127 cm³/mol. The van der Waals surface area contributed by atoms with E-state index in [9.17, 15) is 9.59 Å². The highest BCUT2D eigenvalue weighted by Gasteiger charge is 2.30. The minimum absolute atomic E-state index is 0.00220. The van der Waals surface area contributed by atoms with Crippen molar-refractivity contribution in [2.45, 2.75) is 19.4 Å². The van der Waals surface area contributed by atoms with Crippen molar-refractivity contribution in [1.29, 1.82) is 0 Å². The van der Waals surface area contributed by atoms with E-state index >= 15 is 0 Å². The largest absolute Gasteiger partial charge is 0.448 e. The first-order valence-electron chi connectivity index (χ1n) is 10.5. The average molecular weight is 449 g/mol. The molecule has 2 amide bonds. The summed E-state index contributed by atoms with van der Waals surface area (Å²) in [5.74, 6) is -0.0676. The Morgan fingerprint density at radius 1 is 0.938 bits per heavy atom. The molecule has 1 aliphatic carbocycles. The zero-order valence-electron chi connectivity index (χ0n) is 18.1. The fourth-order valence-electron chi connectivity index (χ4n) is 4.09. The standard InChI is InChI=1S/C26H25ClN2O3/c1-18(30)28(2)15-19-12-13-23-21-10-6-7-11-22(21)25(24(23)14-19)16-32-26(31)29(17-27)20-8-4-3-5-9-20/h3-14,25H,15-17H2,1-2H3. The first-order valence-corrected chi connectivity index (χ1v) is 11.0. The van der Waals surface area contributed by atoms with Gasteiger partial charge >= 0.3 is 6.09 Å². The second-order valence-electron chi connectivity index (χ2n) is 7.90. The fraction of sp³-hybridized carbons (Fsp3) is 0.231. The molecule has 0 radical (unpaired) electrons. The number of anilines is 1. The summed E-state index contributed by atoms with van der Waals surface area (Å²) in [4.78, 5) is 27.6. The molecular formula is C26H25ClN2O3. The molecular weight excluding hydrogens is 424 g/mol. The van der Waals surface area contributed by atoms with E-state index in [0.717, 1.165) is 27.8 Å². The highest BCUT2D eigenvalue weighted by Crippen LogP contribution is 2.45. The molecule has 0 spiro atoms. The lowest BCUT2D eigenvalue weighted by atomic mass is 9.96. The van der Waals surface area contributed by atoms with Crippen molar-refractivity contribution in [3.05, 3.63) is 89.5 Å². The lowest BCUT2D eigenvalue weighted by molar-refractivity contribution is -0.128. The second-order valence-corrected chi connectivity index (χ2v) is 8.14. The number of carbonyl (C=O) groups is 2. The van der Waals surface area contributed by atoms with E-state index in [-0.39, 0.29) is 24.4 Å². The van der Waals surface area contributed by atoms with Crippen molar-refractivity contribution < 1.29 is 14.3 Å². The second kappa shape index (κ2) is 9.45. The van der Waals surface area contributed by atoms with Crippen molar-refractivity contribution in [3.8, 4) is 11.1 Å². The number of nitrogens with zero attached hydrogens (tertiary/aromatic N) is 2. The Kier molecular flexibility index (Phi) is 6.47. The molecule has 1 unspecified atom stereocenters. The predicted octanol–water partition coefficient (Wildman–Crippen LogP) is 5.62. The molecule has 1 atom stereocenters. The van der Waals surface area contributed by atoms with Crippen LogP contribution in [0.2, 0.25) is 0 Å². The van der Waals surface area contributed by atoms with Crippen LogP contribution in [0.1, 0.15) is 29.5 Å². The molecule has 0 heterocycles. The molecule has 164 valence electrons. The highest BCUT2D eigenvalue weighted by atomic mass is 35.5. The third kappa shape index (κ3) is 4.34. The molecule has 0 fully saturated rings. The SMILES string of the molecule is CC(=O)N(C)Cc1ccc2c(c1)C(COC(=O)N(CCl)c1ccccc1)c1ccccc1-2. The van der Waals surface area contributed by atoms with Crippen LogP contribution in [-0.2, 0) is 16.1 Å². The summed E-state index contributed by atoms with van der Waals surface area (Å²) >= 11 is 6.04. The molecule has 4 rings (SSSR count). The molecule has 0 bridgehead atoms. The van der Waals surface area contributed by atoms with E-state index in [1.54, 1.807) is 18.9 Å². The van der Waals surface area contributed by atoms with Gasteiger partial charge in [-0.1, -0.05) is 60.7 Å². The third-order valence-electron chi connectivity index (χ3n) is 5.86. The van der Waals surface area contributed by atoms with Gasteiger partial charge < -0.3 is 9.64 Å². The summed E-state index contributed by atoms with van der Waals surface area (Å²) in [6, 6.07) is 23.7. The number of amides is 2. The van der Waals surface area contributed by atoms with Crippen LogP contribution in [0, 0.1) is 0 Å². The monoisotopic (exact) mass is 448 g/mol. The number of fused-ring (bicyclic) bond motifs is 3. The number of halogens is 1. The normalized spacial score (nSPS) is 13.8. The van der Waals surface area contributed by atoms with Crippen LogP contribution in [0.5, 0.6) is 0 Å². The van der Waals surface area contributed by atoms with Gasteiger partial charge in [0.1, 0.15) is 12.6 Å². The van der Waals surface area contributed by atoms with Gasteiger partial charge in [-0.15, -0.1) is 11.6 Å². The van der Waals surface area contributed by atoms with E-state index in [4.69, 9.17) is 16.3 Å². The van der Waals surface area contributed by atoms with Crippen LogP contribution in [-0.4, -0.2) is 36.6 Å². The van der Waals surface area contributed by atoms with Crippen molar-refractivity contribution in [2.24, 2.45) is 0 Å². The first kappa shape index (κ1) is 21.9. The number of hydrogen-bond donors (Lipinski definition) is 0. The van der Waals surface area contributed by atoms with Crippen molar-refractivity contribution in [3.63, 3.8) is 0 Å². The van der Waals surface area contributed by atoms with Crippen LogP contribution in [0.25, 0.3) is 11.1 Å². The Labute approximate surface area is 193 Å². The minimum atomic E-state index is -0.482. The van der Waals surface area contributed by atoms with Gasteiger partial charge in [-0.2, -0.15) is 0 Å². The molecule has 0 saturated carbocycles. The van der Waals surface area contributed by atoms with Crippen LogP contribution in [0.4, 0.5) is 10.5 Å². The maximum Gasteiger partial charge on any atom is 0.415 e. The van der Waals surface area contributed by atoms with Crippen LogP contribution in [0.3, 0.4) is 0 Å². The van der Waals surface area contributed by atoms with E-state index < -0.39 is 6.09 Å². The molecule has 0 saturated heterocycles. The quantitative estimate of drug-likeness (QED) is 0.363.